The molecule has 13 heavy (non-hydrogen) atoms. The first-order valence-corrected chi connectivity index (χ1v) is 4.40. The zero-order chi connectivity index (χ0) is 9.84. The molecule has 3 unspecified atom stereocenters. The third-order valence-electron chi connectivity index (χ3n) is 2.52. The molecule has 0 radical (unpaired) electrons. The number of methoxy groups -OCH3 is 1. The molecule has 0 saturated carbocycles. The van der Waals surface area contributed by atoms with Gasteiger partial charge in [0.2, 0.25) is 0 Å². The quantitative estimate of drug-likeness (QED) is 0.366. The van der Waals surface area contributed by atoms with Crippen molar-refractivity contribution in [2.75, 3.05) is 7.11 Å². The predicted molar refractivity (Wildman–Crippen MR) is 48.0 cm³/mol. The van der Waals surface area contributed by atoms with Crippen LogP contribution in [0.4, 0.5) is 0 Å². The molecule has 1 rings (SSSR count). The van der Waals surface area contributed by atoms with Crippen LogP contribution in [0.1, 0.15) is 13.3 Å². The zero-order valence-corrected chi connectivity index (χ0v) is 7.90. The Balaban J connectivity index is 2.81. The number of allylic oxidation sites excluding steroid dienone is 2. The van der Waals surface area contributed by atoms with Crippen LogP contribution >= 0.6 is 0 Å². The van der Waals surface area contributed by atoms with E-state index in [0.717, 1.165) is 6.29 Å². The van der Waals surface area contributed by atoms with Crippen molar-refractivity contribution in [2.24, 2.45) is 17.8 Å². The first kappa shape index (κ1) is 9.96. The van der Waals surface area contributed by atoms with Crippen LogP contribution in [-0.2, 0) is 14.3 Å². The Morgan fingerprint density at radius 1 is 1.62 bits per heavy atom. The molecule has 0 amide bonds. The molecule has 0 fully saturated rings. The van der Waals surface area contributed by atoms with Crippen molar-refractivity contribution in [2.45, 2.75) is 13.3 Å². The van der Waals surface area contributed by atoms with Crippen molar-refractivity contribution in [1.82, 2.24) is 0 Å². The van der Waals surface area contributed by atoms with Crippen LogP contribution in [0.3, 0.4) is 0 Å². The van der Waals surface area contributed by atoms with Gasteiger partial charge in [-0.05, 0) is 12.3 Å². The molecule has 0 aromatic carbocycles. The molecule has 3 atom stereocenters. The first-order valence-electron chi connectivity index (χ1n) is 4.40. The van der Waals surface area contributed by atoms with Gasteiger partial charge in [-0.3, -0.25) is 4.79 Å². The highest BCUT2D eigenvalue weighted by atomic mass is 16.5. The Morgan fingerprint density at radius 3 is 2.85 bits per heavy atom. The Hall–Kier alpha value is -1.12. The minimum Gasteiger partial charge on any atom is -0.469 e. The summed E-state index contributed by atoms with van der Waals surface area (Å²) in [6.07, 6.45) is 5.40. The smallest absolute Gasteiger partial charge is 0.309 e. The van der Waals surface area contributed by atoms with Gasteiger partial charge in [0.25, 0.3) is 0 Å². The summed E-state index contributed by atoms with van der Waals surface area (Å²) in [7, 11) is 1.36. The third-order valence-corrected chi connectivity index (χ3v) is 2.52. The molecule has 0 aliphatic heterocycles. The van der Waals surface area contributed by atoms with Crippen molar-refractivity contribution in [1.29, 1.82) is 0 Å². The summed E-state index contributed by atoms with van der Waals surface area (Å²) >= 11 is 0. The van der Waals surface area contributed by atoms with Crippen molar-refractivity contribution in [3.05, 3.63) is 12.2 Å². The fraction of sp³-hybridized carbons (Fsp3) is 0.600. The summed E-state index contributed by atoms with van der Waals surface area (Å²) in [5, 5.41) is 0. The minimum atomic E-state index is -0.299. The second-order valence-corrected chi connectivity index (χ2v) is 3.37. The Bertz CT molecular complexity index is 232. The van der Waals surface area contributed by atoms with Crippen molar-refractivity contribution < 1.29 is 14.3 Å². The van der Waals surface area contributed by atoms with E-state index in [2.05, 4.69) is 4.74 Å². The average Bonchev–Trinajstić information content (AvgIpc) is 2.16. The van der Waals surface area contributed by atoms with Crippen LogP contribution in [0.15, 0.2) is 12.2 Å². The van der Waals surface area contributed by atoms with Crippen LogP contribution in [0, 0.1) is 17.8 Å². The maximum atomic E-state index is 11.3. The number of aldehydes is 1. The van der Waals surface area contributed by atoms with E-state index >= 15 is 0 Å². The molecule has 0 aromatic rings. The Labute approximate surface area is 77.8 Å². The molecule has 3 nitrogen and oxygen atoms in total. The first-order chi connectivity index (χ1) is 6.20. The fourth-order valence-corrected chi connectivity index (χ4v) is 1.77. The monoisotopic (exact) mass is 182 g/mol. The van der Waals surface area contributed by atoms with E-state index in [1.807, 2.05) is 19.1 Å². The molecule has 3 heteroatoms. The number of hydrogen-bond donors (Lipinski definition) is 0. The predicted octanol–water partition coefficient (Wildman–Crippen LogP) is 1.19. The summed E-state index contributed by atoms with van der Waals surface area (Å²) in [5.74, 6) is -0.703. The maximum absolute atomic E-state index is 11.3. The highest BCUT2D eigenvalue weighted by Gasteiger charge is 2.34. The molecule has 0 heterocycles. The highest BCUT2D eigenvalue weighted by Crippen LogP contribution is 2.29. The maximum Gasteiger partial charge on any atom is 0.309 e. The summed E-state index contributed by atoms with van der Waals surface area (Å²) in [6.45, 7) is 1.92. The van der Waals surface area contributed by atoms with E-state index < -0.39 is 0 Å². The topological polar surface area (TPSA) is 43.4 Å². The fourth-order valence-electron chi connectivity index (χ4n) is 1.77. The normalized spacial score (nSPS) is 32.6. The van der Waals surface area contributed by atoms with E-state index in [0.29, 0.717) is 6.42 Å². The van der Waals surface area contributed by atoms with Gasteiger partial charge in [-0.15, -0.1) is 0 Å². The van der Waals surface area contributed by atoms with E-state index in [1.54, 1.807) is 0 Å². The summed E-state index contributed by atoms with van der Waals surface area (Å²) in [5.41, 5.74) is 0. The number of carbonyl (C=O) groups is 2. The second-order valence-electron chi connectivity index (χ2n) is 3.37. The van der Waals surface area contributed by atoms with Crippen LogP contribution in [0.25, 0.3) is 0 Å². The lowest BCUT2D eigenvalue weighted by Crippen LogP contribution is -2.32. The lowest BCUT2D eigenvalue weighted by atomic mass is 9.77. The number of esters is 1. The Morgan fingerprint density at radius 2 is 2.31 bits per heavy atom. The van der Waals surface area contributed by atoms with Gasteiger partial charge in [0.15, 0.2) is 0 Å². The van der Waals surface area contributed by atoms with E-state index in [9.17, 15) is 9.59 Å². The number of ether oxygens (including phenoxy) is 1. The van der Waals surface area contributed by atoms with Gasteiger partial charge in [-0.25, -0.2) is 0 Å². The average molecular weight is 182 g/mol. The third kappa shape index (κ3) is 1.97. The molecule has 0 spiro atoms. The molecule has 0 saturated heterocycles. The second kappa shape index (κ2) is 4.21. The molecular formula is C10H14O3. The van der Waals surface area contributed by atoms with Gasteiger partial charge >= 0.3 is 5.97 Å². The van der Waals surface area contributed by atoms with Crippen LogP contribution < -0.4 is 0 Å². The van der Waals surface area contributed by atoms with E-state index in [-0.39, 0.29) is 23.7 Å². The van der Waals surface area contributed by atoms with Crippen molar-refractivity contribution >= 4 is 12.3 Å². The molecule has 0 aromatic heterocycles. The summed E-state index contributed by atoms with van der Waals surface area (Å²) in [4.78, 5) is 22.0. The number of carbonyl (C=O) groups excluding carboxylic acids is 2. The van der Waals surface area contributed by atoms with Gasteiger partial charge in [-0.1, -0.05) is 19.1 Å². The summed E-state index contributed by atoms with van der Waals surface area (Å²) < 4.78 is 4.66. The van der Waals surface area contributed by atoms with Crippen LogP contribution in [0.2, 0.25) is 0 Å². The SMILES string of the molecule is COC(=O)C1C(C)C=CCC1C=O. The molecule has 72 valence electrons. The standard InChI is InChI=1S/C10H14O3/c1-7-4-3-5-8(6-11)9(7)10(12)13-2/h3-4,6-9H,5H2,1-2H3. The molecule has 1 aliphatic carbocycles. The molecule has 0 N–H and O–H groups in total. The van der Waals surface area contributed by atoms with Crippen LogP contribution in [-0.4, -0.2) is 19.4 Å². The molecule has 0 bridgehead atoms. The summed E-state index contributed by atoms with van der Waals surface area (Å²) in [6, 6.07) is 0. The van der Waals surface area contributed by atoms with E-state index in [1.165, 1.54) is 7.11 Å². The van der Waals surface area contributed by atoms with E-state index in [4.69, 9.17) is 0 Å². The highest BCUT2D eigenvalue weighted by molar-refractivity contribution is 5.77. The molecular weight excluding hydrogens is 168 g/mol. The van der Waals surface area contributed by atoms with Gasteiger partial charge in [0.1, 0.15) is 6.29 Å². The number of hydrogen-bond acceptors (Lipinski definition) is 3. The van der Waals surface area contributed by atoms with Gasteiger partial charge in [0.05, 0.1) is 13.0 Å². The largest absolute Gasteiger partial charge is 0.469 e. The van der Waals surface area contributed by atoms with Gasteiger partial charge in [-0.2, -0.15) is 0 Å². The lowest BCUT2D eigenvalue weighted by Gasteiger charge is -2.27. The lowest BCUT2D eigenvalue weighted by molar-refractivity contribution is -0.150. The minimum absolute atomic E-state index is 0.0939. The van der Waals surface area contributed by atoms with Crippen molar-refractivity contribution in [3.8, 4) is 0 Å². The van der Waals surface area contributed by atoms with Gasteiger partial charge < -0.3 is 9.53 Å². The van der Waals surface area contributed by atoms with Gasteiger partial charge in [0, 0.05) is 5.92 Å². The zero-order valence-electron chi connectivity index (χ0n) is 7.90. The molecule has 1 aliphatic rings. The van der Waals surface area contributed by atoms with Crippen LogP contribution in [0.5, 0.6) is 0 Å². The number of rotatable bonds is 2. The van der Waals surface area contributed by atoms with Crippen molar-refractivity contribution in [3.63, 3.8) is 0 Å². The Kier molecular flexibility index (Phi) is 3.23.